The van der Waals surface area contributed by atoms with Crippen LogP contribution in [0.1, 0.15) is 11.7 Å². The van der Waals surface area contributed by atoms with Crippen molar-refractivity contribution in [3.8, 4) is 0 Å². The van der Waals surface area contributed by atoms with E-state index in [1.54, 1.807) is 18.0 Å². The van der Waals surface area contributed by atoms with Gasteiger partial charge in [0.15, 0.2) is 0 Å². The first kappa shape index (κ1) is 14.4. The molecule has 0 spiro atoms. The fraction of sp³-hybridized carbons (Fsp3) is 0.118. The van der Waals surface area contributed by atoms with Crippen LogP contribution in [-0.2, 0) is 0 Å². The predicted molar refractivity (Wildman–Crippen MR) is 88.9 cm³/mol. The minimum Gasteiger partial charge on any atom is -0.388 e. The van der Waals surface area contributed by atoms with Crippen molar-refractivity contribution in [2.24, 2.45) is 0 Å². The maximum Gasteiger partial charge on any atom is 0.0884 e. The van der Waals surface area contributed by atoms with Gasteiger partial charge < -0.3 is 5.11 Å². The van der Waals surface area contributed by atoms with Crippen molar-refractivity contribution in [2.45, 2.75) is 11.0 Å². The summed E-state index contributed by atoms with van der Waals surface area (Å²) < 4.78 is 0. The van der Waals surface area contributed by atoms with E-state index in [1.807, 2.05) is 54.6 Å². The lowest BCUT2D eigenvalue weighted by Gasteiger charge is -2.12. The fourth-order valence-corrected chi connectivity index (χ4v) is 3.34. The molecule has 21 heavy (non-hydrogen) atoms. The third kappa shape index (κ3) is 3.38. The Morgan fingerprint density at radius 3 is 2.81 bits per heavy atom. The Bertz CT molecular complexity index is 762. The van der Waals surface area contributed by atoms with E-state index in [2.05, 4.69) is 4.98 Å². The van der Waals surface area contributed by atoms with Gasteiger partial charge >= 0.3 is 0 Å². The molecular formula is C17H14ClNOS. The fourth-order valence-electron chi connectivity index (χ4n) is 2.13. The van der Waals surface area contributed by atoms with E-state index >= 15 is 0 Å². The van der Waals surface area contributed by atoms with Crippen molar-refractivity contribution < 1.29 is 5.11 Å². The third-order valence-corrected chi connectivity index (χ3v) is 4.84. The zero-order chi connectivity index (χ0) is 14.7. The van der Waals surface area contributed by atoms with Crippen LogP contribution in [0.4, 0.5) is 0 Å². The second-order valence-corrected chi connectivity index (χ2v) is 6.18. The summed E-state index contributed by atoms with van der Waals surface area (Å²) in [5.41, 5.74) is 1.84. The van der Waals surface area contributed by atoms with Crippen molar-refractivity contribution in [2.75, 3.05) is 5.75 Å². The van der Waals surface area contributed by atoms with Gasteiger partial charge in [0.25, 0.3) is 0 Å². The van der Waals surface area contributed by atoms with Crippen LogP contribution in [-0.4, -0.2) is 15.8 Å². The van der Waals surface area contributed by atoms with E-state index in [4.69, 9.17) is 11.6 Å². The zero-order valence-corrected chi connectivity index (χ0v) is 12.8. The van der Waals surface area contributed by atoms with Crippen LogP contribution >= 0.6 is 23.4 Å². The Hall–Kier alpha value is -1.55. The Balaban J connectivity index is 1.75. The van der Waals surface area contributed by atoms with E-state index < -0.39 is 6.10 Å². The molecule has 4 heteroatoms. The van der Waals surface area contributed by atoms with Crippen molar-refractivity contribution in [3.05, 3.63) is 71.4 Å². The van der Waals surface area contributed by atoms with Crippen LogP contribution in [0.5, 0.6) is 0 Å². The standard InChI is InChI=1S/C17H14ClNOS/c18-14-5-1-2-6-17(14)21-11-16(20)13-7-8-15-12(10-13)4-3-9-19-15/h1-10,16,20H,11H2. The molecule has 1 atom stereocenters. The van der Waals surface area contributed by atoms with Crippen LogP contribution in [0.2, 0.25) is 5.02 Å². The van der Waals surface area contributed by atoms with Crippen LogP contribution in [0.3, 0.4) is 0 Å². The molecule has 3 aromatic rings. The number of pyridine rings is 1. The van der Waals surface area contributed by atoms with Gasteiger partial charge in [0.05, 0.1) is 16.6 Å². The molecule has 0 amide bonds. The number of hydrogen-bond donors (Lipinski definition) is 1. The number of benzene rings is 2. The highest BCUT2D eigenvalue weighted by Crippen LogP contribution is 2.30. The molecule has 0 aliphatic rings. The lowest BCUT2D eigenvalue weighted by atomic mass is 10.1. The highest BCUT2D eigenvalue weighted by Gasteiger charge is 2.10. The average molecular weight is 316 g/mol. The number of aromatic nitrogens is 1. The molecule has 0 saturated heterocycles. The van der Waals surface area contributed by atoms with Gasteiger partial charge in [0, 0.05) is 22.2 Å². The Labute approximate surface area is 132 Å². The van der Waals surface area contributed by atoms with E-state index in [0.29, 0.717) is 5.75 Å². The second-order valence-electron chi connectivity index (χ2n) is 4.71. The molecule has 0 bridgehead atoms. The first-order valence-electron chi connectivity index (χ1n) is 6.64. The molecule has 3 rings (SSSR count). The Morgan fingerprint density at radius 1 is 1.10 bits per heavy atom. The number of rotatable bonds is 4. The topological polar surface area (TPSA) is 33.1 Å². The smallest absolute Gasteiger partial charge is 0.0884 e. The number of thioether (sulfide) groups is 1. The summed E-state index contributed by atoms with van der Waals surface area (Å²) in [6, 6.07) is 17.4. The summed E-state index contributed by atoms with van der Waals surface area (Å²) in [5.74, 6) is 0.565. The van der Waals surface area contributed by atoms with Gasteiger partial charge in [-0.2, -0.15) is 0 Å². The van der Waals surface area contributed by atoms with E-state index in [9.17, 15) is 5.11 Å². The molecule has 0 aliphatic carbocycles. The Morgan fingerprint density at radius 2 is 1.95 bits per heavy atom. The SMILES string of the molecule is OC(CSc1ccccc1Cl)c1ccc2ncccc2c1. The molecule has 1 N–H and O–H groups in total. The van der Waals surface area contributed by atoms with Crippen molar-refractivity contribution in [1.82, 2.24) is 4.98 Å². The maximum atomic E-state index is 10.3. The summed E-state index contributed by atoms with van der Waals surface area (Å²) in [4.78, 5) is 5.27. The molecule has 0 saturated carbocycles. The lowest BCUT2D eigenvalue weighted by molar-refractivity contribution is 0.204. The highest BCUT2D eigenvalue weighted by atomic mass is 35.5. The molecule has 2 aromatic carbocycles. The summed E-state index contributed by atoms with van der Waals surface area (Å²) in [6.45, 7) is 0. The molecule has 1 aromatic heterocycles. The molecule has 2 nitrogen and oxygen atoms in total. The normalized spacial score (nSPS) is 12.5. The third-order valence-electron chi connectivity index (χ3n) is 3.25. The van der Waals surface area contributed by atoms with Gasteiger partial charge in [-0.05, 0) is 35.9 Å². The van der Waals surface area contributed by atoms with E-state index in [-0.39, 0.29) is 0 Å². The molecule has 0 radical (unpaired) electrons. The zero-order valence-electron chi connectivity index (χ0n) is 11.2. The number of halogens is 1. The van der Waals surface area contributed by atoms with Crippen molar-refractivity contribution in [3.63, 3.8) is 0 Å². The van der Waals surface area contributed by atoms with E-state index in [1.165, 1.54) is 0 Å². The summed E-state index contributed by atoms with van der Waals surface area (Å²) in [5, 5.41) is 12.1. The van der Waals surface area contributed by atoms with Gasteiger partial charge in [0.2, 0.25) is 0 Å². The number of nitrogens with zero attached hydrogens (tertiary/aromatic N) is 1. The monoisotopic (exact) mass is 315 g/mol. The molecule has 0 fully saturated rings. The van der Waals surface area contributed by atoms with Crippen LogP contribution in [0.25, 0.3) is 10.9 Å². The van der Waals surface area contributed by atoms with E-state index in [0.717, 1.165) is 26.4 Å². The van der Waals surface area contributed by atoms with Gasteiger partial charge in [0.1, 0.15) is 0 Å². The van der Waals surface area contributed by atoms with Gasteiger partial charge in [-0.25, -0.2) is 0 Å². The van der Waals surface area contributed by atoms with Gasteiger partial charge in [-0.1, -0.05) is 35.9 Å². The summed E-state index contributed by atoms with van der Waals surface area (Å²) in [7, 11) is 0. The molecule has 1 unspecified atom stereocenters. The quantitative estimate of drug-likeness (QED) is 0.708. The van der Waals surface area contributed by atoms with Crippen LogP contribution in [0.15, 0.2) is 65.7 Å². The second kappa shape index (κ2) is 6.48. The predicted octanol–water partition coefficient (Wildman–Crippen LogP) is 4.71. The highest BCUT2D eigenvalue weighted by molar-refractivity contribution is 7.99. The van der Waals surface area contributed by atoms with Crippen LogP contribution < -0.4 is 0 Å². The lowest BCUT2D eigenvalue weighted by Crippen LogP contribution is -2.00. The molecule has 106 valence electrons. The summed E-state index contributed by atoms with van der Waals surface area (Å²) >= 11 is 7.68. The number of hydrogen-bond acceptors (Lipinski definition) is 3. The van der Waals surface area contributed by atoms with Crippen molar-refractivity contribution in [1.29, 1.82) is 0 Å². The molecular weight excluding hydrogens is 302 g/mol. The largest absolute Gasteiger partial charge is 0.388 e. The number of aliphatic hydroxyl groups is 1. The van der Waals surface area contributed by atoms with Gasteiger partial charge in [-0.15, -0.1) is 11.8 Å². The minimum absolute atomic E-state index is 0.532. The first-order valence-corrected chi connectivity index (χ1v) is 8.00. The Kier molecular flexibility index (Phi) is 4.44. The van der Waals surface area contributed by atoms with Gasteiger partial charge in [-0.3, -0.25) is 4.98 Å². The summed E-state index contributed by atoms with van der Waals surface area (Å²) in [6.07, 6.45) is 1.24. The van der Waals surface area contributed by atoms with Crippen LogP contribution in [0, 0.1) is 0 Å². The molecule has 1 heterocycles. The molecule has 0 aliphatic heterocycles. The minimum atomic E-state index is -0.532. The average Bonchev–Trinajstić information content (AvgIpc) is 2.53. The maximum absolute atomic E-state index is 10.3. The number of aliphatic hydroxyl groups excluding tert-OH is 1. The first-order chi connectivity index (χ1) is 10.2. The number of fused-ring (bicyclic) bond motifs is 1. The van der Waals surface area contributed by atoms with Crippen molar-refractivity contribution >= 4 is 34.3 Å².